The highest BCUT2D eigenvalue weighted by Crippen LogP contribution is 2.22. The molecule has 0 spiro atoms. The molecule has 2 rings (SSSR count). The third kappa shape index (κ3) is 2.28. The summed E-state index contributed by atoms with van der Waals surface area (Å²) >= 11 is 5.61. The lowest BCUT2D eigenvalue weighted by atomic mass is 10.3. The first-order valence-corrected chi connectivity index (χ1v) is 5.41. The third-order valence-corrected chi connectivity index (χ3v) is 2.56. The van der Waals surface area contributed by atoms with E-state index in [1.807, 2.05) is 0 Å². The molecule has 1 aromatic heterocycles. The molecule has 2 aromatic rings. The van der Waals surface area contributed by atoms with E-state index >= 15 is 0 Å². The Labute approximate surface area is 107 Å². The van der Waals surface area contributed by atoms with Gasteiger partial charge < -0.3 is 11.1 Å². The van der Waals surface area contributed by atoms with Crippen LogP contribution in [0.2, 0.25) is 5.02 Å². The van der Waals surface area contributed by atoms with E-state index in [-0.39, 0.29) is 22.1 Å². The summed E-state index contributed by atoms with van der Waals surface area (Å²) in [5, 5.41) is 6.18. The normalized spacial score (nSPS) is 10.4. The number of aryl methyl sites for hydroxylation is 1. The van der Waals surface area contributed by atoms with Gasteiger partial charge in [0.1, 0.15) is 0 Å². The van der Waals surface area contributed by atoms with Crippen molar-refractivity contribution >= 4 is 28.9 Å². The molecule has 1 aromatic carbocycles. The van der Waals surface area contributed by atoms with Gasteiger partial charge in [-0.05, 0) is 12.1 Å². The van der Waals surface area contributed by atoms with Gasteiger partial charge in [-0.1, -0.05) is 17.7 Å². The smallest absolute Gasteiger partial charge is 0.278 e. The Balaban J connectivity index is 2.27. The number of nitrogen functional groups attached to an aromatic ring is 1. The fourth-order valence-corrected chi connectivity index (χ4v) is 1.64. The second-order valence-corrected chi connectivity index (χ2v) is 4.07. The number of hydrogen-bond acceptors (Lipinski definition) is 3. The van der Waals surface area contributed by atoms with Crippen LogP contribution in [0.25, 0.3) is 0 Å². The summed E-state index contributed by atoms with van der Waals surface area (Å²) in [4.78, 5) is 11.8. The summed E-state index contributed by atoms with van der Waals surface area (Å²) in [7, 11) is 1.63. The van der Waals surface area contributed by atoms with Gasteiger partial charge in [0.25, 0.3) is 5.91 Å². The van der Waals surface area contributed by atoms with Gasteiger partial charge in [0.05, 0.1) is 16.4 Å². The number of halogens is 2. The molecular weight excluding hydrogens is 259 g/mol. The first-order chi connectivity index (χ1) is 8.49. The van der Waals surface area contributed by atoms with Crippen LogP contribution in [-0.4, -0.2) is 15.7 Å². The van der Waals surface area contributed by atoms with Crippen LogP contribution in [-0.2, 0) is 7.05 Å². The van der Waals surface area contributed by atoms with Gasteiger partial charge in [0.2, 0.25) is 0 Å². The number of carbonyl (C=O) groups excluding carboxylic acids is 1. The van der Waals surface area contributed by atoms with Crippen LogP contribution in [0.3, 0.4) is 0 Å². The number of aromatic nitrogens is 2. The van der Waals surface area contributed by atoms with Gasteiger partial charge in [-0.15, -0.1) is 0 Å². The minimum atomic E-state index is -0.693. The highest BCUT2D eigenvalue weighted by atomic mass is 35.5. The maximum atomic E-state index is 13.6. The molecule has 0 saturated carbocycles. The van der Waals surface area contributed by atoms with Crippen molar-refractivity contribution in [1.82, 2.24) is 9.78 Å². The quantitative estimate of drug-likeness (QED) is 0.875. The summed E-state index contributed by atoms with van der Waals surface area (Å²) < 4.78 is 15.0. The number of carbonyl (C=O) groups is 1. The third-order valence-electron chi connectivity index (χ3n) is 2.27. The number of hydrogen-bond donors (Lipinski definition) is 2. The van der Waals surface area contributed by atoms with E-state index in [0.29, 0.717) is 0 Å². The van der Waals surface area contributed by atoms with Gasteiger partial charge in [0, 0.05) is 13.2 Å². The van der Waals surface area contributed by atoms with E-state index in [9.17, 15) is 9.18 Å². The average Bonchev–Trinajstić information content (AvgIpc) is 2.64. The average molecular weight is 269 g/mol. The van der Waals surface area contributed by atoms with Crippen molar-refractivity contribution in [2.45, 2.75) is 0 Å². The molecule has 1 amide bonds. The monoisotopic (exact) mass is 268 g/mol. The van der Waals surface area contributed by atoms with Crippen LogP contribution in [0.4, 0.5) is 15.8 Å². The Morgan fingerprint density at radius 3 is 2.89 bits per heavy atom. The van der Waals surface area contributed by atoms with E-state index < -0.39 is 11.7 Å². The first kappa shape index (κ1) is 12.4. The van der Waals surface area contributed by atoms with Crippen molar-refractivity contribution in [2.75, 3.05) is 11.1 Å². The molecule has 0 bridgehead atoms. The van der Waals surface area contributed by atoms with Crippen molar-refractivity contribution < 1.29 is 9.18 Å². The van der Waals surface area contributed by atoms with Gasteiger partial charge in [-0.3, -0.25) is 9.48 Å². The Morgan fingerprint density at radius 2 is 2.28 bits per heavy atom. The van der Waals surface area contributed by atoms with Crippen molar-refractivity contribution in [1.29, 1.82) is 0 Å². The highest BCUT2D eigenvalue weighted by molar-refractivity contribution is 6.31. The van der Waals surface area contributed by atoms with Crippen LogP contribution in [0.5, 0.6) is 0 Å². The Hall–Kier alpha value is -2.08. The minimum absolute atomic E-state index is 0.0162. The topological polar surface area (TPSA) is 72.9 Å². The molecule has 0 radical (unpaired) electrons. The van der Waals surface area contributed by atoms with Crippen molar-refractivity contribution in [3.63, 3.8) is 0 Å². The SMILES string of the molecule is Cn1cc(N)c(C(=O)Nc2cccc(Cl)c2F)n1. The standard InChI is InChI=1S/C11H10ClFN4O/c1-17-5-7(14)10(16-17)11(18)15-8-4-2-3-6(12)9(8)13/h2-5H,14H2,1H3,(H,15,18). The predicted octanol–water partition coefficient (Wildman–Crippen LogP) is 2.05. The molecular formula is C11H10ClFN4O. The maximum Gasteiger partial charge on any atom is 0.278 e. The van der Waals surface area contributed by atoms with Crippen molar-refractivity contribution in [2.24, 2.45) is 7.05 Å². The molecule has 1 heterocycles. The van der Waals surface area contributed by atoms with E-state index in [4.69, 9.17) is 17.3 Å². The van der Waals surface area contributed by atoms with Gasteiger partial charge in [-0.2, -0.15) is 5.10 Å². The lowest BCUT2D eigenvalue weighted by Crippen LogP contribution is -2.15. The molecule has 7 heteroatoms. The predicted molar refractivity (Wildman–Crippen MR) is 67.0 cm³/mol. The fourth-order valence-electron chi connectivity index (χ4n) is 1.47. The molecule has 18 heavy (non-hydrogen) atoms. The highest BCUT2D eigenvalue weighted by Gasteiger charge is 2.16. The summed E-state index contributed by atoms with van der Waals surface area (Å²) in [6, 6.07) is 4.32. The lowest BCUT2D eigenvalue weighted by Gasteiger charge is -2.05. The van der Waals surface area contributed by atoms with Crippen LogP contribution >= 0.6 is 11.6 Å². The van der Waals surface area contributed by atoms with Crippen LogP contribution in [0.1, 0.15) is 10.5 Å². The summed E-state index contributed by atoms with van der Waals surface area (Å²) in [5.41, 5.74) is 5.84. The summed E-state index contributed by atoms with van der Waals surface area (Å²) in [6.45, 7) is 0. The minimum Gasteiger partial charge on any atom is -0.396 e. The number of nitrogens with one attached hydrogen (secondary N) is 1. The largest absolute Gasteiger partial charge is 0.396 e. The molecule has 0 aliphatic heterocycles. The van der Waals surface area contributed by atoms with Crippen molar-refractivity contribution in [3.8, 4) is 0 Å². The number of amides is 1. The summed E-state index contributed by atoms with van der Waals surface area (Å²) in [6.07, 6.45) is 1.49. The molecule has 3 N–H and O–H groups in total. The number of nitrogens with zero attached hydrogens (tertiary/aromatic N) is 2. The maximum absolute atomic E-state index is 13.6. The first-order valence-electron chi connectivity index (χ1n) is 5.03. The Kier molecular flexibility index (Phi) is 3.20. The molecule has 0 saturated heterocycles. The van der Waals surface area contributed by atoms with Crippen LogP contribution in [0.15, 0.2) is 24.4 Å². The summed E-state index contributed by atoms with van der Waals surface area (Å²) in [5.74, 6) is -1.28. The molecule has 0 unspecified atom stereocenters. The van der Waals surface area contributed by atoms with Crippen LogP contribution < -0.4 is 11.1 Å². The number of rotatable bonds is 2. The molecule has 0 aliphatic rings. The second-order valence-electron chi connectivity index (χ2n) is 3.66. The Morgan fingerprint density at radius 1 is 1.56 bits per heavy atom. The molecule has 0 fully saturated rings. The van der Waals surface area contributed by atoms with E-state index in [1.165, 1.54) is 29.1 Å². The number of nitrogens with two attached hydrogens (primary N) is 1. The van der Waals surface area contributed by atoms with E-state index in [1.54, 1.807) is 7.05 Å². The zero-order valence-corrected chi connectivity index (χ0v) is 10.2. The van der Waals surface area contributed by atoms with Gasteiger partial charge >= 0.3 is 0 Å². The molecule has 94 valence electrons. The zero-order valence-electron chi connectivity index (χ0n) is 9.45. The van der Waals surface area contributed by atoms with E-state index in [0.717, 1.165) is 0 Å². The molecule has 0 atom stereocenters. The molecule has 5 nitrogen and oxygen atoms in total. The van der Waals surface area contributed by atoms with Crippen LogP contribution in [0, 0.1) is 5.82 Å². The van der Waals surface area contributed by atoms with Crippen molar-refractivity contribution in [3.05, 3.63) is 40.9 Å². The Bertz CT molecular complexity index is 611. The lowest BCUT2D eigenvalue weighted by molar-refractivity contribution is 0.102. The van der Waals surface area contributed by atoms with E-state index in [2.05, 4.69) is 10.4 Å². The zero-order chi connectivity index (χ0) is 13.3. The number of anilines is 2. The molecule has 0 aliphatic carbocycles. The number of benzene rings is 1. The van der Waals surface area contributed by atoms with Gasteiger partial charge in [0.15, 0.2) is 11.5 Å². The second kappa shape index (κ2) is 4.66. The fraction of sp³-hybridized carbons (Fsp3) is 0.0909. The van der Waals surface area contributed by atoms with Gasteiger partial charge in [-0.25, -0.2) is 4.39 Å².